The van der Waals surface area contributed by atoms with Gasteiger partial charge >= 0.3 is 0 Å². The van der Waals surface area contributed by atoms with Gasteiger partial charge in [-0.25, -0.2) is 4.39 Å². The molecule has 0 aliphatic carbocycles. The van der Waals surface area contributed by atoms with Crippen LogP contribution in [0, 0.1) is 5.82 Å². The molecular weight excluding hydrogens is 231 g/mol. The van der Waals surface area contributed by atoms with Gasteiger partial charge in [-0.3, -0.25) is 0 Å². The molecule has 1 aromatic carbocycles. The van der Waals surface area contributed by atoms with Crippen molar-refractivity contribution < 1.29 is 9.13 Å². The fourth-order valence-electron chi connectivity index (χ4n) is 2.55. The highest BCUT2D eigenvalue weighted by atomic mass is 19.1. The number of ether oxygens (including phenoxy) is 1. The summed E-state index contributed by atoms with van der Waals surface area (Å²) in [5.41, 5.74) is 7.81. The Morgan fingerprint density at radius 2 is 1.94 bits per heavy atom. The summed E-state index contributed by atoms with van der Waals surface area (Å²) in [5.74, 6) is -0.236. The van der Waals surface area contributed by atoms with Crippen molar-refractivity contribution in [1.29, 1.82) is 0 Å². The molecule has 1 heterocycles. The first-order chi connectivity index (χ1) is 8.47. The molecule has 2 rings (SSSR count). The van der Waals surface area contributed by atoms with Crippen molar-refractivity contribution in [2.24, 2.45) is 5.73 Å². The van der Waals surface area contributed by atoms with E-state index in [1.165, 1.54) is 12.1 Å². The molecule has 1 aliphatic heterocycles. The quantitative estimate of drug-likeness (QED) is 0.878. The summed E-state index contributed by atoms with van der Waals surface area (Å²) in [6, 6.07) is 4.67. The minimum absolute atomic E-state index is 0.177. The van der Waals surface area contributed by atoms with E-state index in [2.05, 4.69) is 18.7 Å². The van der Waals surface area contributed by atoms with Gasteiger partial charge in [0, 0.05) is 24.8 Å². The number of nitrogens with zero attached hydrogens (tertiary/aromatic N) is 1. The van der Waals surface area contributed by atoms with E-state index in [0.29, 0.717) is 0 Å². The minimum Gasteiger partial charge on any atom is -0.372 e. The first-order valence-electron chi connectivity index (χ1n) is 6.43. The highest BCUT2D eigenvalue weighted by Gasteiger charge is 2.24. The zero-order valence-corrected chi connectivity index (χ0v) is 11.2. The SMILES string of the molecule is CC1CN(c2ccc(F)cc2[C@H](C)N)CC(C)O1. The Labute approximate surface area is 108 Å². The first-order valence-corrected chi connectivity index (χ1v) is 6.43. The molecule has 2 N–H and O–H groups in total. The van der Waals surface area contributed by atoms with Crippen LogP contribution in [0.5, 0.6) is 0 Å². The van der Waals surface area contributed by atoms with Crippen LogP contribution in [0.15, 0.2) is 18.2 Å². The predicted octanol–water partition coefficient (Wildman–Crippen LogP) is 2.46. The highest BCUT2D eigenvalue weighted by Crippen LogP contribution is 2.28. The summed E-state index contributed by atoms with van der Waals surface area (Å²) in [4.78, 5) is 2.23. The molecule has 1 aliphatic rings. The Balaban J connectivity index is 2.32. The van der Waals surface area contributed by atoms with E-state index in [0.717, 1.165) is 24.3 Å². The van der Waals surface area contributed by atoms with Crippen LogP contribution in [0.4, 0.5) is 10.1 Å². The van der Waals surface area contributed by atoms with Gasteiger partial charge in [0.05, 0.1) is 12.2 Å². The Morgan fingerprint density at radius 1 is 1.33 bits per heavy atom. The van der Waals surface area contributed by atoms with Gasteiger partial charge in [0.25, 0.3) is 0 Å². The average Bonchev–Trinajstić information content (AvgIpc) is 2.27. The molecular formula is C14H21FN2O. The molecule has 1 fully saturated rings. The van der Waals surface area contributed by atoms with Crippen molar-refractivity contribution in [2.75, 3.05) is 18.0 Å². The lowest BCUT2D eigenvalue weighted by Crippen LogP contribution is -2.46. The van der Waals surface area contributed by atoms with Crippen LogP contribution in [-0.2, 0) is 4.74 Å². The zero-order chi connectivity index (χ0) is 13.3. The van der Waals surface area contributed by atoms with E-state index in [1.807, 2.05) is 13.0 Å². The number of hydrogen-bond acceptors (Lipinski definition) is 3. The molecule has 1 saturated heterocycles. The van der Waals surface area contributed by atoms with E-state index in [-0.39, 0.29) is 24.1 Å². The largest absolute Gasteiger partial charge is 0.372 e. The van der Waals surface area contributed by atoms with Crippen molar-refractivity contribution in [1.82, 2.24) is 0 Å². The van der Waals surface area contributed by atoms with Crippen molar-refractivity contribution in [2.45, 2.75) is 39.0 Å². The van der Waals surface area contributed by atoms with Crippen molar-refractivity contribution in [3.8, 4) is 0 Å². The van der Waals surface area contributed by atoms with Crippen molar-refractivity contribution in [3.05, 3.63) is 29.6 Å². The van der Waals surface area contributed by atoms with Gasteiger partial charge in [0.2, 0.25) is 0 Å². The second-order valence-corrected chi connectivity index (χ2v) is 5.15. The van der Waals surface area contributed by atoms with Crippen LogP contribution in [0.25, 0.3) is 0 Å². The van der Waals surface area contributed by atoms with E-state index >= 15 is 0 Å². The van der Waals surface area contributed by atoms with Crippen LogP contribution < -0.4 is 10.6 Å². The Bertz CT molecular complexity index is 412. The summed E-state index contributed by atoms with van der Waals surface area (Å²) in [7, 11) is 0. The maximum absolute atomic E-state index is 13.3. The third-order valence-corrected chi connectivity index (χ3v) is 3.24. The van der Waals surface area contributed by atoms with Crippen molar-refractivity contribution in [3.63, 3.8) is 0 Å². The lowest BCUT2D eigenvalue weighted by atomic mass is 10.0. The van der Waals surface area contributed by atoms with Gasteiger partial charge in [0.15, 0.2) is 0 Å². The molecule has 0 amide bonds. The Hall–Kier alpha value is -1.13. The topological polar surface area (TPSA) is 38.5 Å². The number of halogens is 1. The number of nitrogens with two attached hydrogens (primary N) is 1. The second-order valence-electron chi connectivity index (χ2n) is 5.15. The third-order valence-electron chi connectivity index (χ3n) is 3.24. The fraction of sp³-hybridized carbons (Fsp3) is 0.571. The third kappa shape index (κ3) is 2.82. The monoisotopic (exact) mass is 252 g/mol. The minimum atomic E-state index is -0.236. The summed E-state index contributed by atoms with van der Waals surface area (Å²) in [6.07, 6.45) is 0.361. The second kappa shape index (κ2) is 5.24. The van der Waals surface area contributed by atoms with Gasteiger partial charge < -0.3 is 15.4 Å². The summed E-state index contributed by atoms with van der Waals surface area (Å²) in [6.45, 7) is 7.62. The van der Waals surface area contributed by atoms with Gasteiger partial charge in [-0.1, -0.05) is 0 Å². The van der Waals surface area contributed by atoms with E-state index in [1.54, 1.807) is 0 Å². The molecule has 3 nitrogen and oxygen atoms in total. The normalized spacial score (nSPS) is 26.2. The number of hydrogen-bond donors (Lipinski definition) is 1. The average molecular weight is 252 g/mol. The number of anilines is 1. The van der Waals surface area contributed by atoms with Gasteiger partial charge in [-0.15, -0.1) is 0 Å². The Kier molecular flexibility index (Phi) is 3.88. The molecule has 18 heavy (non-hydrogen) atoms. The predicted molar refractivity (Wildman–Crippen MR) is 71.2 cm³/mol. The molecule has 0 aromatic heterocycles. The smallest absolute Gasteiger partial charge is 0.123 e. The van der Waals surface area contributed by atoms with Crippen LogP contribution in [0.3, 0.4) is 0 Å². The maximum Gasteiger partial charge on any atom is 0.123 e. The van der Waals surface area contributed by atoms with E-state index in [4.69, 9.17) is 10.5 Å². The van der Waals surface area contributed by atoms with E-state index < -0.39 is 0 Å². The molecule has 100 valence electrons. The zero-order valence-electron chi connectivity index (χ0n) is 11.2. The van der Waals surface area contributed by atoms with Gasteiger partial charge in [-0.05, 0) is 44.5 Å². The van der Waals surface area contributed by atoms with Crippen LogP contribution in [0.2, 0.25) is 0 Å². The summed E-state index contributed by atoms with van der Waals surface area (Å²) in [5, 5.41) is 0. The number of morpholine rings is 1. The van der Waals surface area contributed by atoms with Crippen LogP contribution in [0.1, 0.15) is 32.4 Å². The molecule has 0 saturated carbocycles. The van der Waals surface area contributed by atoms with Crippen LogP contribution in [-0.4, -0.2) is 25.3 Å². The molecule has 0 bridgehead atoms. The molecule has 0 spiro atoms. The standard InChI is InChI=1S/C14H21FN2O/c1-9-7-17(8-10(2)18-9)14-5-4-12(15)6-13(14)11(3)16/h4-6,9-11H,7-8,16H2,1-3H3/t9?,10?,11-/m0/s1. The Morgan fingerprint density at radius 3 is 2.50 bits per heavy atom. The van der Waals surface area contributed by atoms with Gasteiger partial charge in [-0.2, -0.15) is 0 Å². The lowest BCUT2D eigenvalue weighted by molar-refractivity contribution is -0.00527. The van der Waals surface area contributed by atoms with Gasteiger partial charge in [0.1, 0.15) is 5.82 Å². The van der Waals surface area contributed by atoms with E-state index in [9.17, 15) is 4.39 Å². The lowest BCUT2D eigenvalue weighted by Gasteiger charge is -2.38. The van der Waals surface area contributed by atoms with Crippen LogP contribution >= 0.6 is 0 Å². The highest BCUT2D eigenvalue weighted by molar-refractivity contribution is 5.55. The summed E-state index contributed by atoms with van der Waals surface area (Å²) < 4.78 is 19.0. The maximum atomic E-state index is 13.3. The van der Waals surface area contributed by atoms with Crippen molar-refractivity contribution >= 4 is 5.69 Å². The molecule has 3 atom stereocenters. The fourth-order valence-corrected chi connectivity index (χ4v) is 2.55. The summed E-state index contributed by atoms with van der Waals surface area (Å²) >= 11 is 0. The molecule has 2 unspecified atom stereocenters. The molecule has 0 radical (unpaired) electrons. The molecule has 1 aromatic rings. The number of benzene rings is 1. The number of rotatable bonds is 2. The first kappa shape index (κ1) is 13.3. The molecule has 4 heteroatoms.